The van der Waals surface area contributed by atoms with E-state index >= 15 is 0 Å². The summed E-state index contributed by atoms with van der Waals surface area (Å²) in [6.07, 6.45) is -9.16. The summed E-state index contributed by atoms with van der Waals surface area (Å²) < 4.78 is 81.3. The lowest BCUT2D eigenvalue weighted by atomic mass is 10.1. The van der Waals surface area contributed by atoms with Gasteiger partial charge in [-0.2, -0.15) is 26.3 Å². The maximum atomic E-state index is 12.8. The fourth-order valence-corrected chi connectivity index (χ4v) is 2.41. The first-order valence-electron chi connectivity index (χ1n) is 6.41. The minimum absolute atomic E-state index is 0.0721. The number of hydrogen-bond donors (Lipinski definition) is 0. The van der Waals surface area contributed by atoms with Crippen molar-refractivity contribution in [3.05, 3.63) is 52.5 Å². The van der Waals surface area contributed by atoms with Gasteiger partial charge in [-0.1, -0.05) is 11.6 Å². The minimum Gasteiger partial charge on any atom is -0.434 e. The Morgan fingerprint density at radius 3 is 2.00 bits per heavy atom. The maximum Gasteiger partial charge on any atom is 0.417 e. The van der Waals surface area contributed by atoms with Crippen LogP contribution in [0.15, 0.2) is 40.8 Å². The zero-order chi connectivity index (χ0) is 17.7. The molecule has 0 saturated heterocycles. The van der Waals surface area contributed by atoms with E-state index in [4.69, 9.17) is 16.0 Å². The second-order valence-electron chi connectivity index (χ2n) is 4.87. The average Bonchev–Trinajstić information content (AvgIpc) is 2.90. The van der Waals surface area contributed by atoms with Gasteiger partial charge in [0, 0.05) is 5.56 Å². The van der Waals surface area contributed by atoms with Gasteiger partial charge in [0.05, 0.1) is 16.1 Å². The summed E-state index contributed by atoms with van der Waals surface area (Å²) in [7, 11) is 0. The molecule has 1 heterocycles. The number of oxazole rings is 1. The van der Waals surface area contributed by atoms with Gasteiger partial charge >= 0.3 is 12.4 Å². The molecule has 0 aliphatic carbocycles. The predicted octanol–water partition coefficient (Wildman–Crippen LogP) is 6.19. The fraction of sp³-hybridized carbons (Fsp3) is 0.133. The van der Waals surface area contributed by atoms with Crippen molar-refractivity contribution in [1.82, 2.24) is 4.98 Å². The lowest BCUT2D eigenvalue weighted by Crippen LogP contribution is -2.05. The van der Waals surface area contributed by atoms with Gasteiger partial charge in [0.15, 0.2) is 5.58 Å². The summed E-state index contributed by atoms with van der Waals surface area (Å²) >= 11 is 5.71. The summed E-state index contributed by atoms with van der Waals surface area (Å²) in [6.45, 7) is 0. The van der Waals surface area contributed by atoms with Crippen LogP contribution in [0.3, 0.4) is 0 Å². The first-order valence-corrected chi connectivity index (χ1v) is 6.79. The van der Waals surface area contributed by atoms with Gasteiger partial charge in [-0.3, -0.25) is 0 Å². The van der Waals surface area contributed by atoms with Crippen LogP contribution in [-0.4, -0.2) is 4.98 Å². The molecule has 3 rings (SSSR count). The number of benzene rings is 2. The predicted molar refractivity (Wildman–Crippen MR) is 74.5 cm³/mol. The van der Waals surface area contributed by atoms with Gasteiger partial charge in [0.2, 0.25) is 5.89 Å². The van der Waals surface area contributed by atoms with Crippen molar-refractivity contribution in [3.63, 3.8) is 0 Å². The molecule has 0 unspecified atom stereocenters. The topological polar surface area (TPSA) is 26.0 Å². The molecule has 3 aromatic rings. The Bertz CT molecular complexity index is 895. The molecule has 126 valence electrons. The van der Waals surface area contributed by atoms with Crippen molar-refractivity contribution in [2.24, 2.45) is 0 Å². The second kappa shape index (κ2) is 5.41. The molecule has 0 saturated carbocycles. The van der Waals surface area contributed by atoms with Crippen LogP contribution in [0.1, 0.15) is 11.1 Å². The van der Waals surface area contributed by atoms with E-state index in [-0.39, 0.29) is 22.6 Å². The summed E-state index contributed by atoms with van der Waals surface area (Å²) in [6, 6.07) is 5.74. The molecule has 0 spiro atoms. The molecule has 0 radical (unpaired) electrons. The van der Waals surface area contributed by atoms with Crippen LogP contribution in [0.5, 0.6) is 0 Å². The molecule has 24 heavy (non-hydrogen) atoms. The first kappa shape index (κ1) is 16.6. The van der Waals surface area contributed by atoms with E-state index in [1.807, 2.05) is 0 Å². The highest BCUT2D eigenvalue weighted by Crippen LogP contribution is 2.40. The summed E-state index contributed by atoms with van der Waals surface area (Å²) in [5.74, 6) is -0.125. The molecule has 0 aliphatic heterocycles. The van der Waals surface area contributed by atoms with Crippen molar-refractivity contribution >= 4 is 22.7 Å². The Kier molecular flexibility index (Phi) is 3.75. The molecule has 0 N–H and O–H groups in total. The van der Waals surface area contributed by atoms with E-state index in [1.54, 1.807) is 0 Å². The number of halogens is 7. The normalized spacial score (nSPS) is 12.8. The highest BCUT2D eigenvalue weighted by Gasteiger charge is 2.35. The van der Waals surface area contributed by atoms with E-state index in [2.05, 4.69) is 4.98 Å². The van der Waals surface area contributed by atoms with Gasteiger partial charge in [0.25, 0.3) is 0 Å². The molecular weight excluding hydrogens is 360 g/mol. The smallest absolute Gasteiger partial charge is 0.417 e. The second-order valence-corrected chi connectivity index (χ2v) is 5.25. The first-order chi connectivity index (χ1) is 11.1. The van der Waals surface area contributed by atoms with Crippen molar-refractivity contribution in [2.45, 2.75) is 12.4 Å². The summed E-state index contributed by atoms with van der Waals surface area (Å²) in [5, 5.41) is -0.648. The molecule has 1 aromatic heterocycles. The van der Waals surface area contributed by atoms with E-state index in [0.717, 1.165) is 36.4 Å². The van der Waals surface area contributed by atoms with Gasteiger partial charge in [-0.05, 0) is 36.4 Å². The molecule has 0 aliphatic rings. The van der Waals surface area contributed by atoms with E-state index in [1.165, 1.54) is 0 Å². The Morgan fingerprint density at radius 2 is 1.46 bits per heavy atom. The molecule has 0 amide bonds. The summed E-state index contributed by atoms with van der Waals surface area (Å²) in [4.78, 5) is 3.96. The van der Waals surface area contributed by atoms with Crippen LogP contribution < -0.4 is 0 Å². The third-order valence-electron chi connectivity index (χ3n) is 3.26. The maximum absolute atomic E-state index is 12.8. The number of alkyl halides is 6. The van der Waals surface area contributed by atoms with Crippen LogP contribution >= 0.6 is 11.6 Å². The van der Waals surface area contributed by atoms with Gasteiger partial charge < -0.3 is 4.42 Å². The molecular formula is C15H6ClF6NO. The SMILES string of the molecule is FC(F)(F)c1ccc(-c2nc3ccc(C(F)(F)F)c(Cl)c3o2)cc1. The molecule has 0 bridgehead atoms. The van der Waals surface area contributed by atoms with Crippen LogP contribution in [0, 0.1) is 0 Å². The quantitative estimate of drug-likeness (QED) is 0.481. The number of nitrogens with zero attached hydrogens (tertiary/aromatic N) is 1. The van der Waals surface area contributed by atoms with Gasteiger partial charge in [-0.25, -0.2) is 4.98 Å². The molecule has 9 heteroatoms. The Morgan fingerprint density at radius 1 is 0.833 bits per heavy atom. The van der Waals surface area contributed by atoms with E-state index in [0.29, 0.717) is 0 Å². The van der Waals surface area contributed by atoms with Gasteiger partial charge in [0.1, 0.15) is 5.52 Å². The van der Waals surface area contributed by atoms with E-state index in [9.17, 15) is 26.3 Å². The molecule has 0 fully saturated rings. The lowest BCUT2D eigenvalue weighted by Gasteiger charge is -2.07. The molecule has 0 atom stereocenters. The molecule has 2 nitrogen and oxygen atoms in total. The van der Waals surface area contributed by atoms with Crippen molar-refractivity contribution < 1.29 is 30.8 Å². The standard InChI is InChI=1S/C15H6ClF6NO/c16-11-9(15(20,21)22)5-6-10-12(11)24-13(23-10)7-1-3-8(4-2-7)14(17,18)19/h1-6H. The Balaban J connectivity index is 2.07. The van der Waals surface area contributed by atoms with E-state index < -0.39 is 28.5 Å². The number of fused-ring (bicyclic) bond motifs is 1. The van der Waals surface area contributed by atoms with Crippen molar-refractivity contribution in [3.8, 4) is 11.5 Å². The third-order valence-corrected chi connectivity index (χ3v) is 3.64. The van der Waals surface area contributed by atoms with Crippen molar-refractivity contribution in [2.75, 3.05) is 0 Å². The zero-order valence-electron chi connectivity index (χ0n) is 11.5. The Hall–Kier alpha value is -2.22. The zero-order valence-corrected chi connectivity index (χ0v) is 12.2. The van der Waals surface area contributed by atoms with Crippen LogP contribution in [0.2, 0.25) is 5.02 Å². The summed E-state index contributed by atoms with van der Waals surface area (Å²) in [5.41, 5.74) is -1.96. The molecule has 2 aromatic carbocycles. The highest BCUT2D eigenvalue weighted by molar-refractivity contribution is 6.35. The highest BCUT2D eigenvalue weighted by atomic mass is 35.5. The third kappa shape index (κ3) is 2.93. The number of rotatable bonds is 1. The van der Waals surface area contributed by atoms with Crippen LogP contribution in [0.4, 0.5) is 26.3 Å². The van der Waals surface area contributed by atoms with Crippen LogP contribution in [-0.2, 0) is 12.4 Å². The minimum atomic E-state index is -4.66. The fourth-order valence-electron chi connectivity index (χ4n) is 2.10. The lowest BCUT2D eigenvalue weighted by molar-refractivity contribution is -0.138. The van der Waals surface area contributed by atoms with Crippen LogP contribution in [0.25, 0.3) is 22.6 Å². The monoisotopic (exact) mass is 365 g/mol. The largest absolute Gasteiger partial charge is 0.434 e. The van der Waals surface area contributed by atoms with Crippen molar-refractivity contribution in [1.29, 1.82) is 0 Å². The van der Waals surface area contributed by atoms with Gasteiger partial charge in [-0.15, -0.1) is 0 Å². The average molecular weight is 366 g/mol. The number of aromatic nitrogens is 1. The number of hydrogen-bond acceptors (Lipinski definition) is 2. The Labute approximate surface area is 135 Å².